The van der Waals surface area contributed by atoms with E-state index in [0.29, 0.717) is 12.6 Å². The smallest absolute Gasteiger partial charge is 0.223 e. The van der Waals surface area contributed by atoms with Crippen LogP contribution in [-0.4, -0.2) is 25.0 Å². The number of benzene rings is 1. The van der Waals surface area contributed by atoms with E-state index < -0.39 is 0 Å². The van der Waals surface area contributed by atoms with Crippen LogP contribution in [0.4, 0.5) is 0 Å². The van der Waals surface area contributed by atoms with Gasteiger partial charge < -0.3 is 15.4 Å². The summed E-state index contributed by atoms with van der Waals surface area (Å²) in [5.41, 5.74) is 1.06. The average molecular weight is 358 g/mol. The van der Waals surface area contributed by atoms with Crippen LogP contribution in [0.1, 0.15) is 56.9 Å². The fourth-order valence-electron chi connectivity index (χ4n) is 4.08. The third kappa shape index (κ3) is 4.99. The van der Waals surface area contributed by atoms with Crippen LogP contribution < -0.4 is 15.4 Å². The molecule has 2 aliphatic carbocycles. The summed E-state index contributed by atoms with van der Waals surface area (Å²) >= 11 is 0. The Morgan fingerprint density at radius 2 is 1.50 bits per heavy atom. The van der Waals surface area contributed by atoms with Crippen molar-refractivity contribution in [2.24, 2.45) is 11.8 Å². The molecule has 0 atom stereocenters. The van der Waals surface area contributed by atoms with Crippen molar-refractivity contribution in [1.82, 2.24) is 10.6 Å². The average Bonchev–Trinajstić information content (AvgIpc) is 3.19. The number of amides is 2. The van der Waals surface area contributed by atoms with Crippen molar-refractivity contribution < 1.29 is 14.3 Å². The number of ether oxygens (including phenoxy) is 1. The summed E-state index contributed by atoms with van der Waals surface area (Å²) in [6.07, 6.45) is 7.94. The van der Waals surface area contributed by atoms with Gasteiger partial charge >= 0.3 is 0 Å². The van der Waals surface area contributed by atoms with Gasteiger partial charge in [-0.3, -0.25) is 9.59 Å². The van der Waals surface area contributed by atoms with E-state index in [1.165, 1.54) is 12.8 Å². The van der Waals surface area contributed by atoms with Gasteiger partial charge in [0.25, 0.3) is 0 Å². The van der Waals surface area contributed by atoms with Crippen LogP contribution in [0.3, 0.4) is 0 Å². The highest BCUT2D eigenvalue weighted by Gasteiger charge is 2.31. The fourth-order valence-corrected chi connectivity index (χ4v) is 4.08. The molecule has 5 heteroatoms. The molecule has 0 spiro atoms. The number of methoxy groups -OCH3 is 1. The third-order valence-electron chi connectivity index (χ3n) is 5.80. The van der Waals surface area contributed by atoms with Crippen molar-refractivity contribution in [3.8, 4) is 5.75 Å². The first-order valence-electron chi connectivity index (χ1n) is 9.86. The molecule has 2 fully saturated rings. The molecule has 0 unspecified atom stereocenters. The maximum Gasteiger partial charge on any atom is 0.223 e. The molecule has 2 saturated carbocycles. The van der Waals surface area contributed by atoms with Crippen LogP contribution in [-0.2, 0) is 16.1 Å². The van der Waals surface area contributed by atoms with Gasteiger partial charge in [0.1, 0.15) is 5.75 Å². The molecule has 2 amide bonds. The van der Waals surface area contributed by atoms with Gasteiger partial charge in [-0.1, -0.05) is 25.0 Å². The number of carbonyl (C=O) groups excluding carboxylic acids is 2. The Hall–Kier alpha value is -2.04. The largest absolute Gasteiger partial charge is 0.497 e. The molecule has 3 rings (SSSR count). The number of rotatable bonds is 6. The molecule has 2 N–H and O–H groups in total. The Morgan fingerprint density at radius 3 is 2.08 bits per heavy atom. The van der Waals surface area contributed by atoms with E-state index in [4.69, 9.17) is 4.74 Å². The molecule has 0 saturated heterocycles. The maximum absolute atomic E-state index is 12.4. The topological polar surface area (TPSA) is 67.4 Å². The Bertz CT molecular complexity index is 600. The molecule has 142 valence electrons. The van der Waals surface area contributed by atoms with Crippen LogP contribution in [0.25, 0.3) is 0 Å². The summed E-state index contributed by atoms with van der Waals surface area (Å²) in [6.45, 7) is 0.533. The van der Waals surface area contributed by atoms with E-state index in [9.17, 15) is 9.59 Å². The summed E-state index contributed by atoms with van der Waals surface area (Å²) in [4.78, 5) is 24.8. The minimum Gasteiger partial charge on any atom is -0.497 e. The zero-order chi connectivity index (χ0) is 18.4. The van der Waals surface area contributed by atoms with Crippen molar-refractivity contribution in [3.63, 3.8) is 0 Å². The van der Waals surface area contributed by atoms with E-state index >= 15 is 0 Å². The summed E-state index contributed by atoms with van der Waals surface area (Å²) in [5.74, 6) is 1.24. The highest BCUT2D eigenvalue weighted by molar-refractivity contribution is 5.81. The van der Waals surface area contributed by atoms with Crippen molar-refractivity contribution in [2.45, 2.75) is 64.0 Å². The molecule has 0 aliphatic heterocycles. The first-order valence-corrected chi connectivity index (χ1v) is 9.86. The lowest BCUT2D eigenvalue weighted by molar-refractivity contribution is -0.131. The standard InChI is InChI=1S/C21H30N2O3/c1-26-19-12-6-15(7-13-19)14-22-20(24)16-8-10-17(11-9-16)21(25)23-18-4-2-3-5-18/h6-7,12-13,16-18H,2-5,8-11,14H2,1H3,(H,22,24)(H,23,25). The number of hydrogen-bond donors (Lipinski definition) is 2. The van der Waals surface area contributed by atoms with Crippen LogP contribution in [0.2, 0.25) is 0 Å². The van der Waals surface area contributed by atoms with Gasteiger partial charge in [0.2, 0.25) is 11.8 Å². The summed E-state index contributed by atoms with van der Waals surface area (Å²) in [5, 5.41) is 6.23. The van der Waals surface area contributed by atoms with Crippen molar-refractivity contribution in [1.29, 1.82) is 0 Å². The molecule has 0 heterocycles. The van der Waals surface area contributed by atoms with Crippen molar-refractivity contribution in [2.75, 3.05) is 7.11 Å². The van der Waals surface area contributed by atoms with E-state index in [0.717, 1.165) is 49.8 Å². The molecular formula is C21H30N2O3. The highest BCUT2D eigenvalue weighted by atomic mass is 16.5. The molecule has 1 aromatic rings. The van der Waals surface area contributed by atoms with Gasteiger partial charge in [0, 0.05) is 24.4 Å². The molecular weight excluding hydrogens is 328 g/mol. The van der Waals surface area contributed by atoms with Gasteiger partial charge in [0.15, 0.2) is 0 Å². The monoisotopic (exact) mass is 358 g/mol. The first kappa shape index (κ1) is 18.7. The number of hydrogen-bond acceptors (Lipinski definition) is 3. The van der Waals surface area contributed by atoms with Crippen LogP contribution in [0.5, 0.6) is 5.75 Å². The molecule has 0 bridgehead atoms. The van der Waals surface area contributed by atoms with Crippen LogP contribution in [0, 0.1) is 11.8 Å². The van der Waals surface area contributed by atoms with E-state index in [-0.39, 0.29) is 23.7 Å². The van der Waals surface area contributed by atoms with Gasteiger partial charge in [-0.05, 0) is 56.2 Å². The molecule has 26 heavy (non-hydrogen) atoms. The summed E-state index contributed by atoms with van der Waals surface area (Å²) in [7, 11) is 1.64. The van der Waals surface area contributed by atoms with Crippen LogP contribution >= 0.6 is 0 Å². The normalized spacial score (nSPS) is 23.4. The Labute approximate surface area is 155 Å². The molecule has 1 aromatic carbocycles. The van der Waals surface area contributed by atoms with Crippen molar-refractivity contribution in [3.05, 3.63) is 29.8 Å². The van der Waals surface area contributed by atoms with Gasteiger partial charge in [-0.2, -0.15) is 0 Å². The van der Waals surface area contributed by atoms with Crippen molar-refractivity contribution >= 4 is 11.8 Å². The van der Waals surface area contributed by atoms with Gasteiger partial charge in [-0.25, -0.2) is 0 Å². The minimum atomic E-state index is 0.0313. The predicted octanol–water partition coefficient (Wildman–Crippen LogP) is 3.18. The van der Waals surface area contributed by atoms with E-state index in [1.807, 2.05) is 24.3 Å². The molecule has 2 aliphatic rings. The van der Waals surface area contributed by atoms with E-state index in [2.05, 4.69) is 10.6 Å². The Kier molecular flexibility index (Phi) is 6.53. The summed E-state index contributed by atoms with van der Waals surface area (Å²) in [6, 6.07) is 8.10. The second-order valence-electron chi connectivity index (χ2n) is 7.60. The zero-order valence-corrected chi connectivity index (χ0v) is 15.6. The van der Waals surface area contributed by atoms with Gasteiger partial charge in [0.05, 0.1) is 7.11 Å². The Morgan fingerprint density at radius 1 is 0.923 bits per heavy atom. The minimum absolute atomic E-state index is 0.0313. The third-order valence-corrected chi connectivity index (χ3v) is 5.80. The zero-order valence-electron chi connectivity index (χ0n) is 15.6. The lowest BCUT2D eigenvalue weighted by Crippen LogP contribution is -2.40. The highest BCUT2D eigenvalue weighted by Crippen LogP contribution is 2.30. The second kappa shape index (κ2) is 9.06. The lowest BCUT2D eigenvalue weighted by Gasteiger charge is -2.28. The number of nitrogens with one attached hydrogen (secondary N) is 2. The van der Waals surface area contributed by atoms with Crippen LogP contribution in [0.15, 0.2) is 24.3 Å². The van der Waals surface area contributed by atoms with Gasteiger partial charge in [-0.15, -0.1) is 0 Å². The lowest BCUT2D eigenvalue weighted by atomic mass is 9.81. The number of carbonyl (C=O) groups is 2. The first-order chi connectivity index (χ1) is 12.7. The second-order valence-corrected chi connectivity index (χ2v) is 7.60. The summed E-state index contributed by atoms with van der Waals surface area (Å²) < 4.78 is 5.14. The molecule has 0 radical (unpaired) electrons. The fraction of sp³-hybridized carbons (Fsp3) is 0.619. The van der Waals surface area contributed by atoms with E-state index in [1.54, 1.807) is 7.11 Å². The maximum atomic E-state index is 12.4. The SMILES string of the molecule is COc1ccc(CNC(=O)C2CCC(C(=O)NC3CCCC3)CC2)cc1. The Balaban J connectivity index is 1.39. The predicted molar refractivity (Wildman–Crippen MR) is 101 cm³/mol. The quantitative estimate of drug-likeness (QED) is 0.821. The molecule has 5 nitrogen and oxygen atoms in total. The molecule has 0 aromatic heterocycles.